The van der Waals surface area contributed by atoms with Crippen LogP contribution in [0.15, 0.2) is 61.2 Å². The number of H-pyrrole nitrogens is 1. The quantitative estimate of drug-likeness (QED) is 0.267. The van der Waals surface area contributed by atoms with Crippen molar-refractivity contribution in [1.29, 1.82) is 5.26 Å². The van der Waals surface area contributed by atoms with Gasteiger partial charge in [-0.05, 0) is 44.2 Å². The molecule has 0 saturated heterocycles. The number of nitrogens with zero attached hydrogens (tertiary/aromatic N) is 5. The van der Waals surface area contributed by atoms with Crippen molar-refractivity contribution in [3.05, 3.63) is 72.3 Å². The van der Waals surface area contributed by atoms with Crippen molar-refractivity contribution in [3.63, 3.8) is 0 Å². The molecule has 0 radical (unpaired) electrons. The summed E-state index contributed by atoms with van der Waals surface area (Å²) >= 11 is 0. The Morgan fingerprint density at radius 1 is 1.19 bits per heavy atom. The normalized spacial score (nSPS) is 12.4. The van der Waals surface area contributed by atoms with Gasteiger partial charge in [-0.1, -0.05) is 0 Å². The Morgan fingerprint density at radius 3 is 2.81 bits per heavy atom. The summed E-state index contributed by atoms with van der Waals surface area (Å²) in [5, 5.41) is 33.4. The summed E-state index contributed by atoms with van der Waals surface area (Å²) in [5.74, 6) is -0.0671. The summed E-state index contributed by atoms with van der Waals surface area (Å²) in [6, 6.07) is 12.9. The van der Waals surface area contributed by atoms with Crippen molar-refractivity contribution >= 4 is 39.2 Å². The Morgan fingerprint density at radius 2 is 2.03 bits per heavy atom. The maximum absolute atomic E-state index is 14.3. The first-order chi connectivity index (χ1) is 17.7. The lowest BCUT2D eigenvalue weighted by Gasteiger charge is -2.22. The van der Waals surface area contributed by atoms with Crippen molar-refractivity contribution in [2.24, 2.45) is 0 Å². The van der Waals surface area contributed by atoms with Gasteiger partial charge in [0.15, 0.2) is 0 Å². The second-order valence-corrected chi connectivity index (χ2v) is 9.15. The highest BCUT2D eigenvalue weighted by Crippen LogP contribution is 2.27. The van der Waals surface area contributed by atoms with E-state index in [1.807, 2.05) is 24.3 Å². The number of nitriles is 1. The molecule has 0 saturated carbocycles. The number of alkyl halides is 1. The Hall–Kier alpha value is -4.82. The molecule has 0 spiro atoms. The summed E-state index contributed by atoms with van der Waals surface area (Å²) in [6.45, 7) is 2.32. The molecule has 0 fully saturated rings. The number of hydrogen-bond donors (Lipinski definition) is 4. The molecule has 4 N–H and O–H groups in total. The Labute approximate surface area is 210 Å². The number of nitrogens with one attached hydrogen (secondary N) is 3. The fourth-order valence-electron chi connectivity index (χ4n) is 3.83. The number of rotatable bonds is 7. The van der Waals surface area contributed by atoms with Crippen molar-refractivity contribution in [3.8, 4) is 11.9 Å². The summed E-state index contributed by atoms with van der Waals surface area (Å²) in [6.07, 6.45) is 4.70. The number of aromatic nitrogens is 5. The number of aromatic amines is 1. The fraction of sp³-hybridized carbons (Fsp3) is 0.192. The Bertz CT molecular complexity index is 1660. The van der Waals surface area contributed by atoms with E-state index in [1.165, 1.54) is 26.2 Å². The number of halogens is 1. The first-order valence-electron chi connectivity index (χ1n) is 11.5. The number of anilines is 2. The highest BCUT2D eigenvalue weighted by molar-refractivity contribution is 6.00. The van der Waals surface area contributed by atoms with Gasteiger partial charge in [-0.3, -0.25) is 14.5 Å². The zero-order chi connectivity index (χ0) is 26.2. The molecule has 0 aliphatic carbocycles. The average molecular weight is 499 g/mol. The molecule has 37 heavy (non-hydrogen) atoms. The number of aliphatic hydroxyl groups is 1. The number of pyridine rings is 2. The minimum atomic E-state index is -1.65. The minimum Gasteiger partial charge on any atom is -0.387 e. The van der Waals surface area contributed by atoms with Gasteiger partial charge < -0.3 is 15.7 Å². The van der Waals surface area contributed by atoms with Crippen LogP contribution in [-0.2, 0) is 0 Å². The number of fused-ring (bicyclic) bond motifs is 2. The van der Waals surface area contributed by atoms with Gasteiger partial charge in [-0.2, -0.15) is 10.4 Å². The van der Waals surface area contributed by atoms with Gasteiger partial charge in [0, 0.05) is 41.1 Å². The number of carbonyl (C=O) groups excluding carboxylic acids is 1. The molecule has 11 heteroatoms. The monoisotopic (exact) mass is 498 g/mol. The predicted octanol–water partition coefficient (Wildman–Crippen LogP) is 3.75. The molecular formula is C26H23FN8O2. The molecule has 1 amide bonds. The van der Waals surface area contributed by atoms with Crippen LogP contribution in [0.1, 0.15) is 29.8 Å². The molecule has 4 aromatic heterocycles. The molecule has 0 bridgehead atoms. The Balaban J connectivity index is 1.52. The first-order valence-corrected chi connectivity index (χ1v) is 11.5. The van der Waals surface area contributed by atoms with Crippen LogP contribution >= 0.6 is 0 Å². The molecule has 10 nitrogen and oxygen atoms in total. The SMILES string of the molecule is CC(C)(O)[C@H](F)CNC(=O)c1cnc(-n2ccc3cc(C#N)cnc32)cc1Nc1ccc2[nH]ncc2c1. The summed E-state index contributed by atoms with van der Waals surface area (Å²) in [4.78, 5) is 21.9. The van der Waals surface area contributed by atoms with Gasteiger partial charge in [-0.25, -0.2) is 14.4 Å². The van der Waals surface area contributed by atoms with Crippen LogP contribution < -0.4 is 10.6 Å². The molecular weight excluding hydrogens is 475 g/mol. The van der Waals surface area contributed by atoms with Gasteiger partial charge in [0.2, 0.25) is 0 Å². The van der Waals surface area contributed by atoms with E-state index in [9.17, 15) is 14.3 Å². The third-order valence-electron chi connectivity index (χ3n) is 5.96. The Kier molecular flexibility index (Phi) is 6.02. The highest BCUT2D eigenvalue weighted by atomic mass is 19.1. The second kappa shape index (κ2) is 9.33. The van der Waals surface area contributed by atoms with Crippen LogP contribution in [0.5, 0.6) is 0 Å². The van der Waals surface area contributed by atoms with E-state index in [4.69, 9.17) is 5.26 Å². The molecule has 5 aromatic rings. The van der Waals surface area contributed by atoms with Crippen molar-refractivity contribution < 1.29 is 14.3 Å². The van der Waals surface area contributed by atoms with Gasteiger partial charge in [0.05, 0.1) is 40.7 Å². The lowest BCUT2D eigenvalue weighted by molar-refractivity contribution is -0.00177. The van der Waals surface area contributed by atoms with E-state index in [0.717, 1.165) is 16.3 Å². The van der Waals surface area contributed by atoms with Gasteiger partial charge in [-0.15, -0.1) is 0 Å². The van der Waals surface area contributed by atoms with E-state index in [0.29, 0.717) is 28.4 Å². The molecule has 4 heterocycles. The topological polar surface area (TPSA) is 145 Å². The largest absolute Gasteiger partial charge is 0.387 e. The van der Waals surface area contributed by atoms with E-state index in [-0.39, 0.29) is 12.1 Å². The third kappa shape index (κ3) is 4.82. The summed E-state index contributed by atoms with van der Waals surface area (Å²) in [7, 11) is 0. The third-order valence-corrected chi connectivity index (χ3v) is 5.96. The minimum absolute atomic E-state index is 0.190. The van der Waals surface area contributed by atoms with E-state index in [2.05, 4.69) is 36.9 Å². The molecule has 0 aliphatic rings. The van der Waals surface area contributed by atoms with E-state index >= 15 is 0 Å². The zero-order valence-electron chi connectivity index (χ0n) is 20.0. The predicted molar refractivity (Wildman–Crippen MR) is 136 cm³/mol. The first kappa shape index (κ1) is 23.9. The molecule has 1 aromatic carbocycles. The molecule has 186 valence electrons. The number of amides is 1. The standard InChI is InChI=1S/C26H23FN8O2/c1-26(2,37)22(27)14-31-25(36)19-13-29-23(35-6-5-16-7-15(10-28)11-30-24(16)35)9-21(19)33-18-3-4-20-17(8-18)12-32-34-20/h3-9,11-13,22,37H,14H2,1-2H3,(H,29,33)(H,31,36)(H,32,34)/t22-/m1/s1. The van der Waals surface area contributed by atoms with Crippen LogP contribution in [0.25, 0.3) is 27.8 Å². The number of benzene rings is 1. The number of carbonyl (C=O) groups is 1. The maximum Gasteiger partial charge on any atom is 0.255 e. The molecule has 0 aliphatic heterocycles. The van der Waals surface area contributed by atoms with Crippen LogP contribution in [-0.4, -0.2) is 54.1 Å². The summed E-state index contributed by atoms with van der Waals surface area (Å²) < 4.78 is 16.0. The van der Waals surface area contributed by atoms with Gasteiger partial charge in [0.1, 0.15) is 23.7 Å². The van der Waals surface area contributed by atoms with Crippen molar-refractivity contribution in [2.45, 2.75) is 25.6 Å². The van der Waals surface area contributed by atoms with Crippen LogP contribution in [0.3, 0.4) is 0 Å². The van der Waals surface area contributed by atoms with Gasteiger partial charge >= 0.3 is 0 Å². The lowest BCUT2D eigenvalue weighted by atomic mass is 10.0. The van der Waals surface area contributed by atoms with Crippen LogP contribution in [0.2, 0.25) is 0 Å². The highest BCUT2D eigenvalue weighted by Gasteiger charge is 2.27. The van der Waals surface area contributed by atoms with E-state index < -0.39 is 17.7 Å². The smallest absolute Gasteiger partial charge is 0.255 e. The number of hydrogen-bond acceptors (Lipinski definition) is 7. The zero-order valence-corrected chi connectivity index (χ0v) is 20.0. The molecule has 0 unspecified atom stereocenters. The molecule has 1 atom stereocenters. The molecule has 5 rings (SSSR count). The second-order valence-electron chi connectivity index (χ2n) is 9.15. The fourth-order valence-corrected chi connectivity index (χ4v) is 3.83. The van der Waals surface area contributed by atoms with Crippen LogP contribution in [0, 0.1) is 11.3 Å². The summed E-state index contributed by atoms with van der Waals surface area (Å²) in [5.41, 5.74) is 1.63. The lowest BCUT2D eigenvalue weighted by Crippen LogP contribution is -2.42. The van der Waals surface area contributed by atoms with Crippen molar-refractivity contribution in [2.75, 3.05) is 11.9 Å². The van der Waals surface area contributed by atoms with Crippen LogP contribution in [0.4, 0.5) is 15.8 Å². The van der Waals surface area contributed by atoms with Crippen molar-refractivity contribution in [1.82, 2.24) is 30.0 Å². The van der Waals surface area contributed by atoms with E-state index in [1.54, 1.807) is 29.1 Å². The maximum atomic E-state index is 14.3. The van der Waals surface area contributed by atoms with Gasteiger partial charge in [0.25, 0.3) is 5.91 Å². The average Bonchev–Trinajstić information content (AvgIpc) is 3.52.